The van der Waals surface area contributed by atoms with E-state index in [9.17, 15) is 10.2 Å². The molecule has 142 valence electrons. The third-order valence-corrected chi connectivity index (χ3v) is 7.47. The van der Waals surface area contributed by atoms with Crippen molar-refractivity contribution in [1.82, 2.24) is 0 Å². The Hall–Kier alpha value is -1.53. The molecule has 0 bridgehead atoms. The zero-order valence-corrected chi connectivity index (χ0v) is 18.3. The van der Waals surface area contributed by atoms with Gasteiger partial charge < -0.3 is 10.2 Å². The van der Waals surface area contributed by atoms with Gasteiger partial charge in [0.05, 0.1) is 0 Å². The van der Waals surface area contributed by atoms with E-state index in [1.54, 1.807) is 0 Å². The quantitative estimate of drug-likeness (QED) is 0.695. The molecule has 0 heterocycles. The molecule has 0 aromatic heterocycles. The third-order valence-electron chi connectivity index (χ3n) is 4.68. The van der Waals surface area contributed by atoms with Gasteiger partial charge in [-0.25, -0.2) is 0 Å². The summed E-state index contributed by atoms with van der Waals surface area (Å²) in [6, 6.07) is 12.1. The van der Waals surface area contributed by atoms with Gasteiger partial charge in [-0.3, -0.25) is 0 Å². The van der Waals surface area contributed by atoms with Crippen LogP contribution in [0.15, 0.2) is 36.4 Å². The summed E-state index contributed by atoms with van der Waals surface area (Å²) in [5, 5.41) is 24.0. The molecule has 3 heteroatoms. The van der Waals surface area contributed by atoms with Crippen LogP contribution in [0, 0.1) is 0 Å². The minimum absolute atomic E-state index is 0.132. The van der Waals surface area contributed by atoms with E-state index in [2.05, 4.69) is 55.4 Å². The minimum atomic E-state index is -0.878. The zero-order valence-electron chi connectivity index (χ0n) is 17.4. The SMILES string of the molecule is CC(C)P(c1cccc(C(C)(C)C)c1O)c1cccc(C(C)(C)C)c1O. The average molecular weight is 372 g/mol. The fraction of sp³-hybridized carbons (Fsp3) is 0.478. The van der Waals surface area contributed by atoms with Crippen LogP contribution in [-0.4, -0.2) is 15.9 Å². The van der Waals surface area contributed by atoms with Crippen LogP contribution in [0.1, 0.15) is 66.5 Å². The topological polar surface area (TPSA) is 40.5 Å². The Morgan fingerprint density at radius 3 is 1.31 bits per heavy atom. The van der Waals surface area contributed by atoms with E-state index in [0.29, 0.717) is 17.2 Å². The Morgan fingerprint density at radius 1 is 0.692 bits per heavy atom. The molecular formula is C23H33O2P. The first kappa shape index (κ1) is 20.8. The molecule has 0 fully saturated rings. The average Bonchev–Trinajstić information content (AvgIpc) is 2.48. The highest BCUT2D eigenvalue weighted by molar-refractivity contribution is 7.74. The van der Waals surface area contributed by atoms with Gasteiger partial charge in [0.25, 0.3) is 0 Å². The van der Waals surface area contributed by atoms with Crippen LogP contribution in [0.4, 0.5) is 0 Å². The van der Waals surface area contributed by atoms with Gasteiger partial charge >= 0.3 is 0 Å². The van der Waals surface area contributed by atoms with Crippen molar-refractivity contribution in [2.24, 2.45) is 0 Å². The molecule has 26 heavy (non-hydrogen) atoms. The van der Waals surface area contributed by atoms with Crippen LogP contribution in [-0.2, 0) is 10.8 Å². The highest BCUT2D eigenvalue weighted by Crippen LogP contribution is 2.47. The second-order valence-corrected chi connectivity index (χ2v) is 12.0. The summed E-state index contributed by atoms with van der Waals surface area (Å²) in [7, 11) is -0.878. The molecule has 0 amide bonds. The summed E-state index contributed by atoms with van der Waals surface area (Å²) >= 11 is 0. The number of hydrogen-bond acceptors (Lipinski definition) is 2. The molecular weight excluding hydrogens is 339 g/mol. The number of benzene rings is 2. The Bertz CT molecular complexity index is 716. The van der Waals surface area contributed by atoms with Gasteiger partial charge in [0.1, 0.15) is 11.5 Å². The molecule has 0 unspecified atom stereocenters. The monoisotopic (exact) mass is 372 g/mol. The molecule has 2 nitrogen and oxygen atoms in total. The summed E-state index contributed by atoms with van der Waals surface area (Å²) < 4.78 is 0. The summed E-state index contributed by atoms with van der Waals surface area (Å²) in [5.74, 6) is 0.751. The molecule has 2 aromatic carbocycles. The first-order valence-electron chi connectivity index (χ1n) is 9.30. The van der Waals surface area contributed by atoms with Crippen LogP contribution in [0.2, 0.25) is 0 Å². The lowest BCUT2D eigenvalue weighted by molar-refractivity contribution is 0.450. The Balaban J connectivity index is 2.71. The van der Waals surface area contributed by atoms with Gasteiger partial charge in [0.2, 0.25) is 0 Å². The Morgan fingerprint density at radius 2 is 1.04 bits per heavy atom. The highest BCUT2D eigenvalue weighted by atomic mass is 31.1. The van der Waals surface area contributed by atoms with Gasteiger partial charge in [-0.15, -0.1) is 0 Å². The molecule has 0 saturated heterocycles. The van der Waals surface area contributed by atoms with Crippen molar-refractivity contribution < 1.29 is 10.2 Å². The van der Waals surface area contributed by atoms with Crippen LogP contribution in [0.5, 0.6) is 11.5 Å². The normalized spacial score (nSPS) is 12.8. The largest absolute Gasteiger partial charge is 0.507 e. The first-order valence-corrected chi connectivity index (χ1v) is 10.7. The van der Waals surface area contributed by atoms with Crippen molar-refractivity contribution in [2.45, 2.75) is 71.9 Å². The number of aromatic hydroxyl groups is 2. The highest BCUT2D eigenvalue weighted by Gasteiger charge is 2.29. The van der Waals surface area contributed by atoms with Crippen molar-refractivity contribution in [3.63, 3.8) is 0 Å². The fourth-order valence-electron chi connectivity index (χ4n) is 3.35. The van der Waals surface area contributed by atoms with Crippen molar-refractivity contribution in [3.8, 4) is 11.5 Å². The standard InChI is InChI=1S/C23H33O2P/c1-15(2)26(18-13-9-11-16(20(18)24)22(3,4)5)19-14-10-12-17(21(19)25)23(6,7)8/h9-15,24-25H,1-8H3. The van der Waals surface area contributed by atoms with Gasteiger partial charge in [-0.2, -0.15) is 0 Å². The second kappa shape index (κ2) is 7.24. The first-order chi connectivity index (χ1) is 11.9. The lowest BCUT2D eigenvalue weighted by Crippen LogP contribution is -2.23. The van der Waals surface area contributed by atoms with E-state index in [0.717, 1.165) is 21.7 Å². The number of phenolic OH excluding ortho intramolecular Hbond substituents is 2. The minimum Gasteiger partial charge on any atom is -0.507 e. The molecule has 2 aromatic rings. The van der Waals surface area contributed by atoms with E-state index >= 15 is 0 Å². The van der Waals surface area contributed by atoms with Gasteiger partial charge in [-0.1, -0.05) is 91.8 Å². The lowest BCUT2D eigenvalue weighted by atomic mass is 9.86. The van der Waals surface area contributed by atoms with Gasteiger partial charge in [0.15, 0.2) is 0 Å². The van der Waals surface area contributed by atoms with Crippen LogP contribution >= 0.6 is 7.92 Å². The Labute approximate surface area is 160 Å². The molecule has 2 rings (SSSR count). The maximum absolute atomic E-state index is 11.1. The molecule has 0 aliphatic heterocycles. The molecule has 0 radical (unpaired) electrons. The van der Waals surface area contributed by atoms with Crippen LogP contribution in [0.3, 0.4) is 0 Å². The van der Waals surface area contributed by atoms with E-state index in [-0.39, 0.29) is 10.8 Å². The zero-order chi connectivity index (χ0) is 19.9. The van der Waals surface area contributed by atoms with E-state index in [1.165, 1.54) is 0 Å². The predicted octanol–water partition coefficient (Wildman–Crippen LogP) is 5.53. The van der Waals surface area contributed by atoms with Crippen molar-refractivity contribution in [3.05, 3.63) is 47.5 Å². The summed E-state index contributed by atoms with van der Waals surface area (Å²) in [6.07, 6.45) is 0. The smallest absolute Gasteiger partial charge is 0.127 e. The molecule has 0 atom stereocenters. The van der Waals surface area contributed by atoms with E-state index < -0.39 is 7.92 Å². The lowest BCUT2D eigenvalue weighted by Gasteiger charge is -2.30. The molecule has 0 saturated carbocycles. The van der Waals surface area contributed by atoms with Crippen molar-refractivity contribution in [2.75, 3.05) is 0 Å². The number of phenols is 2. The second-order valence-electron chi connectivity index (χ2n) is 9.31. The maximum atomic E-state index is 11.1. The van der Waals surface area contributed by atoms with E-state index in [4.69, 9.17) is 0 Å². The number of hydrogen-bond donors (Lipinski definition) is 2. The van der Waals surface area contributed by atoms with Crippen molar-refractivity contribution >= 4 is 18.5 Å². The molecule has 2 N–H and O–H groups in total. The van der Waals surface area contributed by atoms with Crippen LogP contribution < -0.4 is 10.6 Å². The van der Waals surface area contributed by atoms with E-state index in [1.807, 2.05) is 36.4 Å². The summed E-state index contributed by atoms with van der Waals surface area (Å²) in [5.41, 5.74) is 1.94. The molecule has 0 spiro atoms. The number of rotatable bonds is 3. The predicted molar refractivity (Wildman–Crippen MR) is 115 cm³/mol. The van der Waals surface area contributed by atoms with Gasteiger partial charge in [-0.05, 0) is 35.5 Å². The Kier molecular flexibility index (Phi) is 5.78. The van der Waals surface area contributed by atoms with Crippen molar-refractivity contribution in [1.29, 1.82) is 0 Å². The summed E-state index contributed by atoms with van der Waals surface area (Å²) in [4.78, 5) is 0. The number of para-hydroxylation sites is 2. The molecule has 0 aliphatic rings. The molecule has 0 aliphatic carbocycles. The van der Waals surface area contributed by atoms with Crippen LogP contribution in [0.25, 0.3) is 0 Å². The summed E-state index contributed by atoms with van der Waals surface area (Å²) in [6.45, 7) is 17.0. The van der Waals surface area contributed by atoms with Gasteiger partial charge in [0, 0.05) is 10.6 Å². The maximum Gasteiger partial charge on any atom is 0.127 e. The third kappa shape index (κ3) is 4.07. The fourth-order valence-corrected chi connectivity index (χ4v) is 5.91.